The topological polar surface area (TPSA) is 68.7 Å². The molecule has 5 heteroatoms. The lowest BCUT2D eigenvalue weighted by molar-refractivity contribution is 0.0696. The molecule has 1 heterocycles. The molecule has 2 rings (SSSR count). The minimum Gasteiger partial charge on any atom is -0.493 e. The Labute approximate surface area is 116 Å². The van der Waals surface area contributed by atoms with E-state index in [1.54, 1.807) is 12.3 Å². The van der Waals surface area contributed by atoms with Crippen LogP contribution in [-0.4, -0.2) is 23.2 Å². The second-order valence-electron chi connectivity index (χ2n) is 4.23. The van der Waals surface area contributed by atoms with E-state index in [4.69, 9.17) is 14.6 Å². The van der Waals surface area contributed by atoms with Crippen LogP contribution in [0.3, 0.4) is 0 Å². The summed E-state index contributed by atoms with van der Waals surface area (Å²) < 4.78 is 10.8. The van der Waals surface area contributed by atoms with Crippen molar-refractivity contribution in [1.82, 2.24) is 4.98 Å². The van der Waals surface area contributed by atoms with Crippen LogP contribution >= 0.6 is 0 Å². The Morgan fingerprint density at radius 1 is 1.30 bits per heavy atom. The predicted octanol–water partition coefficient (Wildman–Crippen LogP) is 2.68. The first-order chi connectivity index (χ1) is 9.61. The third-order valence-corrected chi connectivity index (χ3v) is 2.89. The van der Waals surface area contributed by atoms with Crippen LogP contribution in [0.4, 0.5) is 0 Å². The smallest absolute Gasteiger partial charge is 0.335 e. The molecular formula is C15H15NO4. The first kappa shape index (κ1) is 13.9. The summed E-state index contributed by atoms with van der Waals surface area (Å²) in [5.41, 5.74) is 1.97. The zero-order valence-corrected chi connectivity index (χ0v) is 11.3. The third-order valence-electron chi connectivity index (χ3n) is 2.89. The molecule has 5 nitrogen and oxygen atoms in total. The van der Waals surface area contributed by atoms with Crippen molar-refractivity contribution in [3.8, 4) is 11.5 Å². The highest BCUT2D eigenvalue weighted by Crippen LogP contribution is 2.28. The van der Waals surface area contributed by atoms with E-state index in [1.807, 2.05) is 19.1 Å². The van der Waals surface area contributed by atoms with Gasteiger partial charge in [0, 0.05) is 6.20 Å². The lowest BCUT2D eigenvalue weighted by atomic mass is 10.2. The van der Waals surface area contributed by atoms with Crippen molar-refractivity contribution in [1.29, 1.82) is 0 Å². The van der Waals surface area contributed by atoms with E-state index < -0.39 is 5.97 Å². The number of nitrogens with zero attached hydrogens (tertiary/aromatic N) is 1. The molecule has 0 spiro atoms. The van der Waals surface area contributed by atoms with Crippen LogP contribution in [0.2, 0.25) is 0 Å². The molecule has 2 aromatic rings. The number of ether oxygens (including phenoxy) is 2. The first-order valence-electron chi connectivity index (χ1n) is 6.06. The Morgan fingerprint density at radius 3 is 2.75 bits per heavy atom. The zero-order chi connectivity index (χ0) is 14.5. The van der Waals surface area contributed by atoms with E-state index in [0.717, 1.165) is 11.3 Å². The van der Waals surface area contributed by atoms with Gasteiger partial charge in [-0.05, 0) is 36.8 Å². The summed E-state index contributed by atoms with van der Waals surface area (Å²) in [6.07, 6.45) is 1.69. The van der Waals surface area contributed by atoms with Gasteiger partial charge >= 0.3 is 5.97 Å². The Bertz CT molecular complexity index is 625. The highest BCUT2D eigenvalue weighted by Gasteiger charge is 2.11. The number of aromatic nitrogens is 1. The number of hydrogen-bond acceptors (Lipinski definition) is 4. The van der Waals surface area contributed by atoms with Gasteiger partial charge in [0.25, 0.3) is 0 Å². The minimum absolute atomic E-state index is 0.151. The van der Waals surface area contributed by atoms with Crippen LogP contribution in [0, 0.1) is 6.92 Å². The van der Waals surface area contributed by atoms with Gasteiger partial charge in [0.05, 0.1) is 18.4 Å². The van der Waals surface area contributed by atoms with Gasteiger partial charge in [-0.1, -0.05) is 6.07 Å². The average molecular weight is 273 g/mol. The second kappa shape index (κ2) is 6.06. The fourth-order valence-corrected chi connectivity index (χ4v) is 1.74. The number of benzene rings is 1. The number of rotatable bonds is 5. The van der Waals surface area contributed by atoms with Gasteiger partial charge in [-0.2, -0.15) is 0 Å². The van der Waals surface area contributed by atoms with Crippen LogP contribution in [0.5, 0.6) is 11.5 Å². The van der Waals surface area contributed by atoms with Gasteiger partial charge in [0.1, 0.15) is 6.61 Å². The van der Waals surface area contributed by atoms with Gasteiger partial charge in [-0.25, -0.2) is 4.79 Å². The largest absolute Gasteiger partial charge is 0.493 e. The Balaban J connectivity index is 2.22. The lowest BCUT2D eigenvalue weighted by Gasteiger charge is -2.12. The maximum Gasteiger partial charge on any atom is 0.335 e. The third kappa shape index (κ3) is 3.06. The van der Waals surface area contributed by atoms with Crippen molar-refractivity contribution in [2.24, 2.45) is 0 Å². The lowest BCUT2D eigenvalue weighted by Crippen LogP contribution is -2.03. The number of pyridine rings is 1. The molecule has 0 saturated carbocycles. The van der Waals surface area contributed by atoms with E-state index in [-0.39, 0.29) is 12.2 Å². The van der Waals surface area contributed by atoms with Crippen molar-refractivity contribution in [2.75, 3.05) is 7.11 Å². The summed E-state index contributed by atoms with van der Waals surface area (Å²) in [7, 11) is 1.51. The van der Waals surface area contributed by atoms with Crippen LogP contribution < -0.4 is 9.47 Å². The molecule has 0 bridgehead atoms. The summed E-state index contributed by atoms with van der Waals surface area (Å²) in [5, 5.41) is 8.99. The number of aromatic carboxylic acids is 1. The summed E-state index contributed by atoms with van der Waals surface area (Å²) in [6, 6.07) is 8.28. The van der Waals surface area contributed by atoms with E-state index in [9.17, 15) is 4.79 Å². The molecule has 0 saturated heterocycles. The predicted molar refractivity (Wildman–Crippen MR) is 73.3 cm³/mol. The van der Waals surface area contributed by atoms with Gasteiger partial charge in [-0.3, -0.25) is 4.98 Å². The standard InChI is InChI=1S/C15H15NO4/c1-10-4-3-7-16-12(10)9-20-14-8-11(15(17)18)5-6-13(14)19-2/h3-8H,9H2,1-2H3,(H,17,18). The Hall–Kier alpha value is -2.56. The molecule has 104 valence electrons. The Kier molecular flexibility index (Phi) is 4.20. The van der Waals surface area contributed by atoms with E-state index in [1.165, 1.54) is 19.2 Å². The van der Waals surface area contributed by atoms with E-state index >= 15 is 0 Å². The van der Waals surface area contributed by atoms with Crippen molar-refractivity contribution in [2.45, 2.75) is 13.5 Å². The fraction of sp³-hybridized carbons (Fsp3) is 0.200. The van der Waals surface area contributed by atoms with Gasteiger partial charge in [-0.15, -0.1) is 0 Å². The molecule has 20 heavy (non-hydrogen) atoms. The number of carboxylic acids is 1. The molecule has 0 radical (unpaired) electrons. The molecule has 0 aliphatic heterocycles. The molecule has 0 fully saturated rings. The normalized spacial score (nSPS) is 10.1. The van der Waals surface area contributed by atoms with Crippen molar-refractivity contribution in [3.63, 3.8) is 0 Å². The quantitative estimate of drug-likeness (QED) is 0.907. The molecule has 1 aromatic carbocycles. The maximum absolute atomic E-state index is 11.0. The molecular weight excluding hydrogens is 258 g/mol. The molecule has 0 atom stereocenters. The van der Waals surface area contributed by atoms with Crippen LogP contribution in [0.15, 0.2) is 36.5 Å². The van der Waals surface area contributed by atoms with Crippen molar-refractivity contribution in [3.05, 3.63) is 53.3 Å². The number of carboxylic acid groups (broad SMARTS) is 1. The minimum atomic E-state index is -1.01. The molecule has 1 N–H and O–H groups in total. The van der Waals surface area contributed by atoms with Crippen molar-refractivity contribution < 1.29 is 19.4 Å². The van der Waals surface area contributed by atoms with Gasteiger partial charge < -0.3 is 14.6 Å². The summed E-state index contributed by atoms with van der Waals surface area (Å²) in [5.74, 6) is -0.132. The number of aryl methyl sites for hydroxylation is 1. The average Bonchev–Trinajstić information content (AvgIpc) is 2.46. The first-order valence-corrected chi connectivity index (χ1v) is 6.06. The number of hydrogen-bond donors (Lipinski definition) is 1. The van der Waals surface area contributed by atoms with Crippen LogP contribution in [0.1, 0.15) is 21.6 Å². The van der Waals surface area contributed by atoms with Crippen molar-refractivity contribution >= 4 is 5.97 Å². The SMILES string of the molecule is COc1ccc(C(=O)O)cc1OCc1ncccc1C. The monoisotopic (exact) mass is 273 g/mol. The fourth-order valence-electron chi connectivity index (χ4n) is 1.74. The summed E-state index contributed by atoms with van der Waals surface area (Å²) >= 11 is 0. The van der Waals surface area contributed by atoms with Crippen LogP contribution in [0.25, 0.3) is 0 Å². The molecule has 0 amide bonds. The van der Waals surface area contributed by atoms with E-state index in [2.05, 4.69) is 4.98 Å². The molecule has 0 unspecified atom stereocenters. The Morgan fingerprint density at radius 2 is 2.10 bits per heavy atom. The van der Waals surface area contributed by atoms with E-state index in [0.29, 0.717) is 11.5 Å². The number of methoxy groups -OCH3 is 1. The summed E-state index contributed by atoms with van der Waals surface area (Å²) in [4.78, 5) is 15.2. The van der Waals surface area contributed by atoms with Gasteiger partial charge in [0.15, 0.2) is 11.5 Å². The van der Waals surface area contributed by atoms with Crippen LogP contribution in [-0.2, 0) is 6.61 Å². The number of carbonyl (C=O) groups is 1. The molecule has 0 aliphatic rings. The maximum atomic E-state index is 11.0. The molecule has 1 aromatic heterocycles. The molecule has 0 aliphatic carbocycles. The van der Waals surface area contributed by atoms with Gasteiger partial charge in [0.2, 0.25) is 0 Å². The summed E-state index contributed by atoms with van der Waals surface area (Å²) in [6.45, 7) is 2.20. The second-order valence-corrected chi connectivity index (χ2v) is 4.23. The highest BCUT2D eigenvalue weighted by atomic mass is 16.5. The zero-order valence-electron chi connectivity index (χ0n) is 11.3. The highest BCUT2D eigenvalue weighted by molar-refractivity contribution is 5.88.